The van der Waals surface area contributed by atoms with E-state index in [0.29, 0.717) is 16.9 Å². The molecule has 0 bridgehead atoms. The summed E-state index contributed by atoms with van der Waals surface area (Å²) in [5, 5.41) is 0.787. The van der Waals surface area contributed by atoms with Gasteiger partial charge in [0.25, 0.3) is 0 Å². The molecule has 1 heterocycles. The molecule has 0 fully saturated rings. The molecule has 2 aromatic carbocycles. The van der Waals surface area contributed by atoms with E-state index in [9.17, 15) is 14.4 Å². The van der Waals surface area contributed by atoms with Crippen LogP contribution in [0.4, 0.5) is 0 Å². The van der Waals surface area contributed by atoms with Crippen molar-refractivity contribution in [2.45, 2.75) is 6.92 Å². The van der Waals surface area contributed by atoms with Crippen molar-refractivity contribution >= 4 is 22.9 Å². The molecule has 7 heteroatoms. The van der Waals surface area contributed by atoms with Gasteiger partial charge in [0.1, 0.15) is 24.5 Å². The summed E-state index contributed by atoms with van der Waals surface area (Å²) in [5.41, 5.74) is 1.15. The van der Waals surface area contributed by atoms with Crippen LogP contribution in [0.2, 0.25) is 0 Å². The Balaban J connectivity index is 1.44. The predicted molar refractivity (Wildman–Crippen MR) is 100 cm³/mol. The second-order valence-corrected chi connectivity index (χ2v) is 5.92. The highest BCUT2D eigenvalue weighted by Gasteiger charge is 2.09. The Labute approximate surface area is 160 Å². The SMILES string of the molecule is Cc1cc(=O)oc2cc(OCC(=O)OCCOC(=O)c3ccccc3)ccc12. The topological polar surface area (TPSA) is 92.0 Å². The van der Waals surface area contributed by atoms with Gasteiger partial charge in [0, 0.05) is 17.5 Å². The number of hydrogen-bond acceptors (Lipinski definition) is 7. The molecule has 1 aromatic heterocycles. The van der Waals surface area contributed by atoms with E-state index in [1.54, 1.807) is 48.5 Å². The summed E-state index contributed by atoms with van der Waals surface area (Å²) in [7, 11) is 0. The number of carbonyl (C=O) groups excluding carboxylic acids is 2. The molecule has 28 heavy (non-hydrogen) atoms. The maximum atomic E-state index is 11.7. The van der Waals surface area contributed by atoms with Crippen LogP contribution >= 0.6 is 0 Å². The molecule has 0 aliphatic carbocycles. The molecule has 0 unspecified atom stereocenters. The quantitative estimate of drug-likeness (QED) is 0.352. The number of ether oxygens (including phenoxy) is 3. The zero-order valence-electron chi connectivity index (χ0n) is 15.2. The maximum Gasteiger partial charge on any atom is 0.344 e. The minimum Gasteiger partial charge on any atom is -0.482 e. The highest BCUT2D eigenvalue weighted by Crippen LogP contribution is 2.22. The fraction of sp³-hybridized carbons (Fsp3) is 0.190. The first-order chi connectivity index (χ1) is 13.5. The Kier molecular flexibility index (Phi) is 6.06. The standard InChI is InChI=1S/C21H18O7/c1-14-11-19(22)28-18-12-16(7-8-17(14)18)27-13-20(23)25-9-10-26-21(24)15-5-3-2-4-6-15/h2-8,11-12H,9-10,13H2,1H3. The van der Waals surface area contributed by atoms with Crippen LogP contribution in [0.5, 0.6) is 5.75 Å². The van der Waals surface area contributed by atoms with E-state index in [0.717, 1.165) is 10.9 Å². The number of hydrogen-bond donors (Lipinski definition) is 0. The van der Waals surface area contributed by atoms with E-state index in [-0.39, 0.29) is 19.8 Å². The fourth-order valence-electron chi connectivity index (χ4n) is 2.53. The van der Waals surface area contributed by atoms with Crippen LogP contribution in [0.25, 0.3) is 11.0 Å². The van der Waals surface area contributed by atoms with Crippen LogP contribution in [0.1, 0.15) is 15.9 Å². The van der Waals surface area contributed by atoms with Gasteiger partial charge in [0.15, 0.2) is 6.61 Å². The minimum atomic E-state index is -0.610. The molecule has 0 spiro atoms. The van der Waals surface area contributed by atoms with E-state index < -0.39 is 17.6 Å². The van der Waals surface area contributed by atoms with E-state index in [1.165, 1.54) is 6.07 Å². The molecule has 0 saturated heterocycles. The molecule has 0 aliphatic heterocycles. The van der Waals surface area contributed by atoms with Crippen molar-refractivity contribution < 1.29 is 28.2 Å². The third-order valence-electron chi connectivity index (χ3n) is 3.87. The molecule has 3 aromatic rings. The summed E-state index contributed by atoms with van der Waals surface area (Å²) in [6, 6.07) is 14.9. The van der Waals surface area contributed by atoms with Crippen LogP contribution in [0.3, 0.4) is 0 Å². The second kappa shape index (κ2) is 8.85. The highest BCUT2D eigenvalue weighted by atomic mass is 16.6. The lowest BCUT2D eigenvalue weighted by Gasteiger charge is -2.08. The molecule has 0 radical (unpaired) electrons. The Morgan fingerprint density at radius 1 is 0.964 bits per heavy atom. The maximum absolute atomic E-state index is 11.7. The molecule has 0 saturated carbocycles. The van der Waals surface area contributed by atoms with Crippen LogP contribution in [0.15, 0.2) is 63.8 Å². The number of benzene rings is 2. The third kappa shape index (κ3) is 4.97. The van der Waals surface area contributed by atoms with Crippen LogP contribution < -0.4 is 10.4 Å². The molecule has 7 nitrogen and oxygen atoms in total. The van der Waals surface area contributed by atoms with Gasteiger partial charge in [0.2, 0.25) is 0 Å². The monoisotopic (exact) mass is 382 g/mol. The van der Waals surface area contributed by atoms with Gasteiger partial charge >= 0.3 is 17.6 Å². The smallest absolute Gasteiger partial charge is 0.344 e. The summed E-state index contributed by atoms with van der Waals surface area (Å²) < 4.78 is 20.5. The number of esters is 2. The molecule has 0 atom stereocenters. The van der Waals surface area contributed by atoms with Gasteiger partial charge in [-0.2, -0.15) is 0 Å². The van der Waals surface area contributed by atoms with E-state index in [1.807, 2.05) is 6.92 Å². The van der Waals surface area contributed by atoms with Crippen molar-refractivity contribution in [2.24, 2.45) is 0 Å². The Bertz CT molecular complexity index is 1040. The van der Waals surface area contributed by atoms with Gasteiger partial charge in [-0.1, -0.05) is 18.2 Å². The van der Waals surface area contributed by atoms with Gasteiger partial charge in [-0.05, 0) is 36.8 Å². The van der Waals surface area contributed by atoms with Crippen LogP contribution in [-0.2, 0) is 14.3 Å². The van der Waals surface area contributed by atoms with Crippen molar-refractivity contribution in [1.29, 1.82) is 0 Å². The Hall–Kier alpha value is -3.61. The third-order valence-corrected chi connectivity index (χ3v) is 3.87. The number of aryl methyl sites for hydroxylation is 1. The summed E-state index contributed by atoms with van der Waals surface area (Å²) in [4.78, 5) is 34.9. The fourth-order valence-corrected chi connectivity index (χ4v) is 2.53. The summed E-state index contributed by atoms with van der Waals surface area (Å²) in [6.45, 7) is 1.35. The minimum absolute atomic E-state index is 0.0557. The van der Waals surface area contributed by atoms with Crippen molar-refractivity contribution in [1.82, 2.24) is 0 Å². The number of fused-ring (bicyclic) bond motifs is 1. The first-order valence-electron chi connectivity index (χ1n) is 8.58. The lowest BCUT2D eigenvalue weighted by atomic mass is 10.1. The van der Waals surface area contributed by atoms with Gasteiger partial charge in [-0.25, -0.2) is 14.4 Å². The molecule has 0 N–H and O–H groups in total. The van der Waals surface area contributed by atoms with Gasteiger partial charge in [-0.3, -0.25) is 0 Å². The summed E-state index contributed by atoms with van der Waals surface area (Å²) >= 11 is 0. The molecule has 0 amide bonds. The van der Waals surface area contributed by atoms with Crippen LogP contribution in [0, 0.1) is 6.92 Å². The van der Waals surface area contributed by atoms with E-state index >= 15 is 0 Å². The zero-order valence-corrected chi connectivity index (χ0v) is 15.2. The van der Waals surface area contributed by atoms with Crippen LogP contribution in [-0.4, -0.2) is 31.8 Å². The van der Waals surface area contributed by atoms with Gasteiger partial charge in [-0.15, -0.1) is 0 Å². The average molecular weight is 382 g/mol. The first kappa shape index (κ1) is 19.2. The molecular weight excluding hydrogens is 364 g/mol. The summed E-state index contributed by atoms with van der Waals surface area (Å²) in [6.07, 6.45) is 0. The zero-order chi connectivity index (χ0) is 19.9. The lowest BCUT2D eigenvalue weighted by molar-refractivity contribution is -0.147. The normalized spacial score (nSPS) is 10.5. The Morgan fingerprint density at radius 2 is 1.71 bits per heavy atom. The van der Waals surface area contributed by atoms with Gasteiger partial charge < -0.3 is 18.6 Å². The largest absolute Gasteiger partial charge is 0.482 e. The van der Waals surface area contributed by atoms with E-state index in [4.69, 9.17) is 18.6 Å². The second-order valence-electron chi connectivity index (χ2n) is 5.92. The number of carbonyl (C=O) groups is 2. The molecule has 0 aliphatic rings. The average Bonchev–Trinajstić information content (AvgIpc) is 2.69. The Morgan fingerprint density at radius 3 is 2.50 bits per heavy atom. The van der Waals surface area contributed by atoms with Crippen molar-refractivity contribution in [2.75, 3.05) is 19.8 Å². The lowest BCUT2D eigenvalue weighted by Crippen LogP contribution is -2.18. The van der Waals surface area contributed by atoms with Crippen molar-refractivity contribution in [3.63, 3.8) is 0 Å². The highest BCUT2D eigenvalue weighted by molar-refractivity contribution is 5.89. The van der Waals surface area contributed by atoms with Crippen molar-refractivity contribution in [3.8, 4) is 5.75 Å². The predicted octanol–water partition coefficient (Wildman–Crippen LogP) is 2.88. The molecular formula is C21H18O7. The molecule has 144 valence electrons. The number of rotatable bonds is 7. The van der Waals surface area contributed by atoms with E-state index in [2.05, 4.69) is 0 Å². The first-order valence-corrected chi connectivity index (χ1v) is 8.58. The van der Waals surface area contributed by atoms with Crippen molar-refractivity contribution in [3.05, 3.63) is 76.1 Å². The van der Waals surface area contributed by atoms with Gasteiger partial charge in [0.05, 0.1) is 5.56 Å². The molecule has 3 rings (SSSR count). The summed E-state index contributed by atoms with van der Waals surface area (Å²) in [5.74, 6) is -0.726.